The van der Waals surface area contributed by atoms with E-state index in [1.165, 1.54) is 11.3 Å². The van der Waals surface area contributed by atoms with Crippen LogP contribution in [0.2, 0.25) is 0 Å². The number of nitrogens with zero attached hydrogens (tertiary/aromatic N) is 3. The van der Waals surface area contributed by atoms with E-state index in [2.05, 4.69) is 10.3 Å². The van der Waals surface area contributed by atoms with Gasteiger partial charge in [0.15, 0.2) is 5.13 Å². The van der Waals surface area contributed by atoms with E-state index in [0.29, 0.717) is 11.7 Å². The number of amides is 2. The molecule has 0 unspecified atom stereocenters. The van der Waals surface area contributed by atoms with Crippen LogP contribution in [0.25, 0.3) is 0 Å². The summed E-state index contributed by atoms with van der Waals surface area (Å²) in [5.74, 6) is 0.0410. The van der Waals surface area contributed by atoms with Crippen molar-refractivity contribution in [2.24, 2.45) is 5.92 Å². The van der Waals surface area contributed by atoms with E-state index >= 15 is 0 Å². The van der Waals surface area contributed by atoms with E-state index in [0.717, 1.165) is 36.4 Å². The van der Waals surface area contributed by atoms with Crippen LogP contribution in [0.3, 0.4) is 0 Å². The molecular weight excluding hydrogens is 312 g/mol. The lowest BCUT2D eigenvalue weighted by Crippen LogP contribution is -2.45. The van der Waals surface area contributed by atoms with Gasteiger partial charge in [0.1, 0.15) is 0 Å². The second kappa shape index (κ2) is 7.88. The number of likely N-dealkylation sites (N-methyl/N-ethyl adjacent to an activating group) is 1. The van der Waals surface area contributed by atoms with E-state index in [1.807, 2.05) is 32.8 Å². The van der Waals surface area contributed by atoms with Crippen molar-refractivity contribution in [3.05, 3.63) is 10.6 Å². The third-order valence-electron chi connectivity index (χ3n) is 4.19. The van der Waals surface area contributed by atoms with Gasteiger partial charge in [-0.3, -0.25) is 9.59 Å². The number of aromatic nitrogens is 1. The molecule has 1 saturated carbocycles. The van der Waals surface area contributed by atoms with Crippen molar-refractivity contribution in [1.82, 2.24) is 14.8 Å². The van der Waals surface area contributed by atoms with E-state index < -0.39 is 0 Å². The Balaban J connectivity index is 1.94. The zero-order valence-corrected chi connectivity index (χ0v) is 15.2. The Morgan fingerprint density at radius 2 is 1.96 bits per heavy atom. The van der Waals surface area contributed by atoms with Crippen LogP contribution >= 0.6 is 11.3 Å². The van der Waals surface area contributed by atoms with E-state index in [-0.39, 0.29) is 24.3 Å². The Morgan fingerprint density at radius 1 is 1.26 bits per heavy atom. The minimum Gasteiger partial charge on any atom is -0.332 e. The predicted molar refractivity (Wildman–Crippen MR) is 92.7 cm³/mol. The molecule has 0 radical (unpaired) electrons. The van der Waals surface area contributed by atoms with Gasteiger partial charge in [-0.2, -0.15) is 0 Å². The summed E-state index contributed by atoms with van der Waals surface area (Å²) in [5, 5.41) is 3.42. The van der Waals surface area contributed by atoms with Gasteiger partial charge in [0.05, 0.1) is 12.2 Å². The number of rotatable bonds is 7. The summed E-state index contributed by atoms with van der Waals surface area (Å²) in [4.78, 5) is 33.9. The summed E-state index contributed by atoms with van der Waals surface area (Å²) in [6.07, 6.45) is 3.01. The van der Waals surface area contributed by atoms with Gasteiger partial charge in [0.2, 0.25) is 11.8 Å². The molecule has 2 rings (SSSR count). The molecule has 0 saturated heterocycles. The van der Waals surface area contributed by atoms with Crippen LogP contribution in [0.1, 0.15) is 29.8 Å². The molecule has 0 aliphatic heterocycles. The van der Waals surface area contributed by atoms with Gasteiger partial charge in [-0.15, -0.1) is 11.3 Å². The summed E-state index contributed by atoms with van der Waals surface area (Å²) in [6, 6.07) is 0. The molecule has 1 heterocycles. The standard InChI is InChI=1S/C16H26N4O2S/c1-11-12(2)23-16(17-11)18-14(21)10-20(9-8-19(3)4)15(22)13-6-5-7-13/h13H,5-10H2,1-4H3,(H,17,18,21). The SMILES string of the molecule is Cc1nc(NC(=O)CN(CCN(C)C)C(=O)C2CCC2)sc1C. The highest BCUT2D eigenvalue weighted by Crippen LogP contribution is 2.28. The molecule has 23 heavy (non-hydrogen) atoms. The first-order valence-corrected chi connectivity index (χ1v) is 8.86. The number of hydrogen-bond donors (Lipinski definition) is 1. The fourth-order valence-electron chi connectivity index (χ4n) is 2.36. The first-order valence-electron chi connectivity index (χ1n) is 8.04. The van der Waals surface area contributed by atoms with Crippen LogP contribution in [0.5, 0.6) is 0 Å². The van der Waals surface area contributed by atoms with Crippen molar-refractivity contribution in [3.8, 4) is 0 Å². The van der Waals surface area contributed by atoms with Crippen molar-refractivity contribution in [2.45, 2.75) is 33.1 Å². The fourth-order valence-corrected chi connectivity index (χ4v) is 3.19. The van der Waals surface area contributed by atoms with Crippen LogP contribution in [-0.2, 0) is 9.59 Å². The molecule has 1 fully saturated rings. The molecule has 0 atom stereocenters. The van der Waals surface area contributed by atoms with Crippen LogP contribution < -0.4 is 5.32 Å². The lowest BCUT2D eigenvalue weighted by atomic mass is 9.84. The monoisotopic (exact) mass is 338 g/mol. The molecule has 1 aromatic rings. The second-order valence-corrected chi connectivity index (χ2v) is 7.60. The van der Waals surface area contributed by atoms with Gasteiger partial charge in [0, 0.05) is 23.9 Å². The zero-order valence-electron chi connectivity index (χ0n) is 14.4. The van der Waals surface area contributed by atoms with Gasteiger partial charge in [0.25, 0.3) is 0 Å². The Morgan fingerprint density at radius 3 is 2.43 bits per heavy atom. The van der Waals surface area contributed by atoms with Gasteiger partial charge >= 0.3 is 0 Å². The molecule has 0 aromatic carbocycles. The van der Waals surface area contributed by atoms with E-state index in [1.54, 1.807) is 4.90 Å². The average Bonchev–Trinajstić information content (AvgIpc) is 2.70. The highest BCUT2D eigenvalue weighted by Gasteiger charge is 2.30. The van der Waals surface area contributed by atoms with Crippen LogP contribution in [0.15, 0.2) is 0 Å². The number of hydrogen-bond acceptors (Lipinski definition) is 5. The minimum absolute atomic E-state index is 0.0981. The van der Waals surface area contributed by atoms with Crippen molar-refractivity contribution in [1.29, 1.82) is 0 Å². The Bertz CT molecular complexity index is 547. The number of carbonyl (C=O) groups is 2. The van der Waals surface area contributed by atoms with Crippen molar-refractivity contribution in [2.75, 3.05) is 39.0 Å². The molecule has 6 nitrogen and oxygen atoms in total. The molecule has 1 aromatic heterocycles. The lowest BCUT2D eigenvalue weighted by Gasteiger charge is -2.31. The summed E-state index contributed by atoms with van der Waals surface area (Å²) in [6.45, 7) is 5.32. The topological polar surface area (TPSA) is 65.5 Å². The van der Waals surface area contributed by atoms with E-state index in [4.69, 9.17) is 0 Å². The molecular formula is C16H26N4O2S. The molecule has 1 aliphatic rings. The maximum absolute atomic E-state index is 12.5. The lowest BCUT2D eigenvalue weighted by molar-refractivity contribution is -0.140. The van der Waals surface area contributed by atoms with E-state index in [9.17, 15) is 9.59 Å². The Kier molecular flexibility index (Phi) is 6.12. The van der Waals surface area contributed by atoms with Crippen LogP contribution in [0.4, 0.5) is 5.13 Å². The third kappa shape index (κ3) is 5.00. The number of anilines is 1. The highest BCUT2D eigenvalue weighted by molar-refractivity contribution is 7.15. The normalized spacial score (nSPS) is 14.7. The predicted octanol–water partition coefficient (Wildman–Crippen LogP) is 1.89. The van der Waals surface area contributed by atoms with Crippen LogP contribution in [0, 0.1) is 19.8 Å². The summed E-state index contributed by atoms with van der Waals surface area (Å²) >= 11 is 1.46. The third-order valence-corrected chi connectivity index (χ3v) is 5.18. The van der Waals surface area contributed by atoms with Gasteiger partial charge < -0.3 is 15.1 Å². The van der Waals surface area contributed by atoms with Gasteiger partial charge in [-0.25, -0.2) is 4.98 Å². The summed E-state index contributed by atoms with van der Waals surface area (Å²) < 4.78 is 0. The summed E-state index contributed by atoms with van der Waals surface area (Å²) in [7, 11) is 3.93. The number of carbonyl (C=O) groups excluding carboxylic acids is 2. The maximum Gasteiger partial charge on any atom is 0.245 e. The molecule has 1 N–H and O–H groups in total. The fraction of sp³-hybridized carbons (Fsp3) is 0.688. The van der Waals surface area contributed by atoms with Crippen LogP contribution in [-0.4, -0.2) is 60.3 Å². The number of thiazole rings is 1. The molecule has 0 spiro atoms. The van der Waals surface area contributed by atoms with Crippen molar-refractivity contribution < 1.29 is 9.59 Å². The highest BCUT2D eigenvalue weighted by atomic mass is 32.1. The summed E-state index contributed by atoms with van der Waals surface area (Å²) in [5.41, 5.74) is 0.931. The smallest absolute Gasteiger partial charge is 0.245 e. The Hall–Kier alpha value is -1.47. The number of aryl methyl sites for hydroxylation is 2. The van der Waals surface area contributed by atoms with Gasteiger partial charge in [-0.05, 0) is 40.8 Å². The maximum atomic E-state index is 12.5. The zero-order chi connectivity index (χ0) is 17.0. The minimum atomic E-state index is -0.176. The molecule has 2 amide bonds. The molecule has 7 heteroatoms. The molecule has 0 bridgehead atoms. The first kappa shape index (κ1) is 17.9. The Labute approximate surface area is 141 Å². The molecule has 128 valence electrons. The quantitative estimate of drug-likeness (QED) is 0.824. The second-order valence-electron chi connectivity index (χ2n) is 6.40. The van der Waals surface area contributed by atoms with Crippen molar-refractivity contribution >= 4 is 28.3 Å². The van der Waals surface area contributed by atoms with Gasteiger partial charge in [-0.1, -0.05) is 6.42 Å². The average molecular weight is 338 g/mol. The largest absolute Gasteiger partial charge is 0.332 e. The van der Waals surface area contributed by atoms with Crippen molar-refractivity contribution in [3.63, 3.8) is 0 Å². The number of nitrogens with one attached hydrogen (secondary N) is 1. The first-order chi connectivity index (χ1) is 10.9. The molecule has 1 aliphatic carbocycles.